The van der Waals surface area contributed by atoms with E-state index in [0.29, 0.717) is 25.7 Å². The predicted octanol–water partition coefficient (Wildman–Crippen LogP) is 18.0. The van der Waals surface area contributed by atoms with Crippen molar-refractivity contribution in [3.05, 3.63) is 97.2 Å². The van der Waals surface area contributed by atoms with E-state index in [1.807, 2.05) is 0 Å². The summed E-state index contributed by atoms with van der Waals surface area (Å²) >= 11 is 0. The highest BCUT2D eigenvalue weighted by molar-refractivity contribution is 5.74. The maximum Gasteiger partial charge on any atom is 0.335 e. The molecule has 12 nitrogen and oxygen atoms in total. The minimum Gasteiger partial charge on any atom is -0.479 e. The molecule has 0 aromatic heterocycles. The van der Waals surface area contributed by atoms with Gasteiger partial charge in [0.25, 0.3) is 0 Å². The average Bonchev–Trinajstić information content (AvgIpc) is 3.57. The van der Waals surface area contributed by atoms with Gasteiger partial charge in [-0.2, -0.15) is 0 Å². The van der Waals surface area contributed by atoms with Crippen molar-refractivity contribution in [2.45, 2.75) is 314 Å². The number of rotatable bonds is 56. The second kappa shape index (κ2) is 58.0. The standard InChI is InChI=1S/C71H118O12/c1-4-7-10-13-16-19-22-25-28-30-32-34-37-39-42-45-48-51-54-57-63(72)79-60-62(81-64(73)58-55-52-49-46-43-41-38-35-33-31-29-26-23-20-17-14-11-8-5-2)61-80-71-69(67(76)66(75)68(83-71)70(77)78)82-65(74)59-56-53-50-47-44-40-36-27-24-21-18-15-12-9-6-3/h9,12,16,18-19,21,25-29,32,34,36,44,47,62,66-69,71,75-76H,4-8,10-11,13-15,17,20,22-24,30-31,33,35,37-43,45-46,48-61H2,1-3H3,(H,77,78)/b12-9-,19-16-,21-18-,28-25-,29-26-,34-32-,36-27-,47-44-. The zero-order valence-corrected chi connectivity index (χ0v) is 52.4. The molecule has 1 saturated heterocycles. The number of hydrogen-bond donors (Lipinski definition) is 3. The lowest BCUT2D eigenvalue weighted by molar-refractivity contribution is -0.301. The number of hydrogen-bond acceptors (Lipinski definition) is 11. The van der Waals surface area contributed by atoms with Crippen molar-refractivity contribution in [2.75, 3.05) is 13.2 Å². The van der Waals surface area contributed by atoms with Gasteiger partial charge in [-0.25, -0.2) is 4.79 Å². The summed E-state index contributed by atoms with van der Waals surface area (Å²) in [5.41, 5.74) is 0. The summed E-state index contributed by atoms with van der Waals surface area (Å²) in [5.74, 6) is -3.19. The Morgan fingerprint density at radius 2 is 0.759 bits per heavy atom. The van der Waals surface area contributed by atoms with Crippen LogP contribution in [0.2, 0.25) is 0 Å². The lowest BCUT2D eigenvalue weighted by atomic mass is 9.98. The Labute approximate surface area is 504 Å². The van der Waals surface area contributed by atoms with Crippen LogP contribution in [0.4, 0.5) is 0 Å². The van der Waals surface area contributed by atoms with E-state index in [9.17, 15) is 34.5 Å². The molecule has 0 aromatic rings. The molecule has 6 unspecified atom stereocenters. The molecule has 0 spiro atoms. The van der Waals surface area contributed by atoms with Crippen molar-refractivity contribution < 1.29 is 58.2 Å². The van der Waals surface area contributed by atoms with E-state index in [-0.39, 0.29) is 25.9 Å². The Morgan fingerprint density at radius 1 is 0.410 bits per heavy atom. The lowest BCUT2D eigenvalue weighted by Crippen LogP contribution is -2.61. The molecule has 0 radical (unpaired) electrons. The number of ether oxygens (including phenoxy) is 5. The fourth-order valence-corrected chi connectivity index (χ4v) is 9.54. The number of carbonyl (C=O) groups excluding carboxylic acids is 3. The molecule has 3 N–H and O–H groups in total. The van der Waals surface area contributed by atoms with E-state index >= 15 is 0 Å². The van der Waals surface area contributed by atoms with Crippen LogP contribution in [0.1, 0.15) is 278 Å². The highest BCUT2D eigenvalue weighted by atomic mass is 16.7. The number of allylic oxidation sites excluding steroid dienone is 16. The first kappa shape index (κ1) is 76.7. The van der Waals surface area contributed by atoms with Crippen LogP contribution in [0, 0.1) is 0 Å². The molecule has 1 heterocycles. The second-order valence-electron chi connectivity index (χ2n) is 22.4. The maximum absolute atomic E-state index is 13.2. The quantitative estimate of drug-likeness (QED) is 0.0228. The van der Waals surface area contributed by atoms with Crippen molar-refractivity contribution in [1.29, 1.82) is 0 Å². The van der Waals surface area contributed by atoms with Crippen LogP contribution >= 0.6 is 0 Å². The van der Waals surface area contributed by atoms with Gasteiger partial charge in [-0.15, -0.1) is 0 Å². The van der Waals surface area contributed by atoms with Gasteiger partial charge in [-0.1, -0.05) is 234 Å². The summed E-state index contributed by atoms with van der Waals surface area (Å²) in [7, 11) is 0. The van der Waals surface area contributed by atoms with Gasteiger partial charge in [0, 0.05) is 19.3 Å². The van der Waals surface area contributed by atoms with Crippen molar-refractivity contribution in [3.63, 3.8) is 0 Å². The molecule has 1 rings (SSSR count). The third-order valence-corrected chi connectivity index (χ3v) is 14.6. The first-order chi connectivity index (χ1) is 40.6. The van der Waals surface area contributed by atoms with Crippen LogP contribution in [0.5, 0.6) is 0 Å². The maximum atomic E-state index is 13.2. The second-order valence-corrected chi connectivity index (χ2v) is 22.4. The van der Waals surface area contributed by atoms with Crippen molar-refractivity contribution >= 4 is 23.9 Å². The van der Waals surface area contributed by atoms with E-state index in [4.69, 9.17) is 23.7 Å². The molecule has 1 aliphatic rings. The molecule has 1 fully saturated rings. The number of carbonyl (C=O) groups is 4. The van der Waals surface area contributed by atoms with Gasteiger partial charge in [0.15, 0.2) is 24.6 Å². The highest BCUT2D eigenvalue weighted by Crippen LogP contribution is 2.26. The summed E-state index contributed by atoms with van der Waals surface area (Å²) in [4.78, 5) is 51.4. The number of aliphatic hydroxyl groups excluding tert-OH is 2. The van der Waals surface area contributed by atoms with Crippen LogP contribution in [-0.4, -0.2) is 89.2 Å². The van der Waals surface area contributed by atoms with Crippen molar-refractivity contribution in [1.82, 2.24) is 0 Å². The highest BCUT2D eigenvalue weighted by Gasteiger charge is 2.50. The number of aliphatic hydroxyl groups is 2. The normalized spacial score (nSPS) is 18.2. The van der Waals surface area contributed by atoms with Gasteiger partial charge in [-0.05, 0) is 122 Å². The van der Waals surface area contributed by atoms with Crippen molar-refractivity contribution in [3.8, 4) is 0 Å². The fraction of sp³-hybridized carbons (Fsp3) is 0.718. The van der Waals surface area contributed by atoms with E-state index < -0.39 is 67.3 Å². The summed E-state index contributed by atoms with van der Waals surface area (Å²) in [6.45, 7) is 5.84. The molecule has 6 atom stereocenters. The van der Waals surface area contributed by atoms with Crippen LogP contribution in [0.15, 0.2) is 97.2 Å². The molecular weight excluding hydrogens is 1040 g/mol. The number of esters is 3. The monoisotopic (exact) mass is 1160 g/mol. The third kappa shape index (κ3) is 47.6. The fourth-order valence-electron chi connectivity index (χ4n) is 9.54. The molecule has 0 amide bonds. The molecule has 0 saturated carbocycles. The summed E-state index contributed by atoms with van der Waals surface area (Å²) in [6, 6.07) is 0. The number of carboxylic acids is 1. The first-order valence-electron chi connectivity index (χ1n) is 33.2. The molecular formula is C71H118O12. The molecule has 83 heavy (non-hydrogen) atoms. The van der Waals surface area contributed by atoms with Gasteiger partial charge < -0.3 is 39.0 Å². The van der Waals surface area contributed by atoms with E-state index in [1.165, 1.54) is 96.3 Å². The Morgan fingerprint density at radius 3 is 1.22 bits per heavy atom. The predicted molar refractivity (Wildman–Crippen MR) is 340 cm³/mol. The SMILES string of the molecule is CC/C=C\C/C=C\C/C=C\C/C=C\CCCCC(=O)OC1C(OCC(COC(=O)CCCCCCCC/C=C\C/C=C\C/C=C\CCCCC)OC(=O)CCCCCCCCCCC/C=C\CCCCCCCC)OC(C(=O)O)C(O)C1O. The number of aliphatic carboxylic acids is 1. The zero-order valence-electron chi connectivity index (χ0n) is 52.4. The Bertz CT molecular complexity index is 1810. The summed E-state index contributed by atoms with van der Waals surface area (Å²) in [5, 5.41) is 31.6. The first-order valence-corrected chi connectivity index (χ1v) is 33.2. The van der Waals surface area contributed by atoms with Gasteiger partial charge in [0.2, 0.25) is 0 Å². The number of carboxylic acid groups (broad SMARTS) is 1. The summed E-state index contributed by atoms with van der Waals surface area (Å²) in [6.07, 6.45) is 65.1. The van der Waals surface area contributed by atoms with E-state index in [1.54, 1.807) is 0 Å². The minimum absolute atomic E-state index is 0.00340. The average molecular weight is 1160 g/mol. The minimum atomic E-state index is -1.92. The smallest absolute Gasteiger partial charge is 0.335 e. The van der Waals surface area contributed by atoms with E-state index in [2.05, 4.69) is 118 Å². The largest absolute Gasteiger partial charge is 0.479 e. The van der Waals surface area contributed by atoms with Crippen molar-refractivity contribution in [2.24, 2.45) is 0 Å². The van der Waals surface area contributed by atoms with Gasteiger partial charge in [0.1, 0.15) is 18.8 Å². The molecule has 0 aromatic carbocycles. The molecule has 474 valence electrons. The van der Waals surface area contributed by atoms with E-state index in [0.717, 1.165) is 116 Å². The molecule has 1 aliphatic heterocycles. The van der Waals surface area contributed by atoms with Crippen LogP contribution < -0.4 is 0 Å². The lowest BCUT2D eigenvalue weighted by Gasteiger charge is -2.40. The topological polar surface area (TPSA) is 175 Å². The van der Waals surface area contributed by atoms with Crippen LogP contribution in [-0.2, 0) is 42.9 Å². The Hall–Kier alpha value is -4.36. The zero-order chi connectivity index (χ0) is 60.3. The Balaban J connectivity index is 2.69. The molecule has 12 heteroatoms. The summed E-state index contributed by atoms with van der Waals surface area (Å²) < 4.78 is 28.5. The van der Waals surface area contributed by atoms with Gasteiger partial charge >= 0.3 is 23.9 Å². The molecule has 0 bridgehead atoms. The third-order valence-electron chi connectivity index (χ3n) is 14.6. The van der Waals surface area contributed by atoms with Crippen LogP contribution in [0.3, 0.4) is 0 Å². The van der Waals surface area contributed by atoms with Crippen LogP contribution in [0.25, 0.3) is 0 Å². The Kier molecular flexibility index (Phi) is 53.6. The number of unbranched alkanes of at least 4 members (excludes halogenated alkanes) is 26. The molecule has 0 aliphatic carbocycles. The van der Waals surface area contributed by atoms with Gasteiger partial charge in [-0.3, -0.25) is 14.4 Å². The van der Waals surface area contributed by atoms with Gasteiger partial charge in [0.05, 0.1) is 6.61 Å².